The Morgan fingerprint density at radius 2 is 2.08 bits per heavy atom. The number of ether oxygens (including phenoxy) is 1. The minimum absolute atomic E-state index is 0.139. The van der Waals surface area contributed by atoms with E-state index in [0.717, 1.165) is 0 Å². The molecule has 1 amide bonds. The molecule has 0 unspecified atom stereocenters. The Hall–Kier alpha value is -0.730. The standard InChI is InChI=1S/C9H15NO2/c1-6-8(12-9(11)10-6)7-4-2-3-5-7/h6-8H,2-5H2,1H3,(H,10,11)/t6-,8-/m0/s1. The van der Waals surface area contributed by atoms with Gasteiger partial charge in [0, 0.05) is 0 Å². The van der Waals surface area contributed by atoms with E-state index in [4.69, 9.17) is 4.74 Å². The van der Waals surface area contributed by atoms with E-state index in [1.807, 2.05) is 6.92 Å². The fourth-order valence-electron chi connectivity index (χ4n) is 2.32. The van der Waals surface area contributed by atoms with Crippen LogP contribution >= 0.6 is 0 Å². The number of carbonyl (C=O) groups is 1. The summed E-state index contributed by atoms with van der Waals surface area (Å²) in [7, 11) is 0. The van der Waals surface area contributed by atoms with Crippen molar-refractivity contribution in [2.45, 2.75) is 44.8 Å². The molecular formula is C9H15NO2. The van der Waals surface area contributed by atoms with Gasteiger partial charge in [0.15, 0.2) is 0 Å². The lowest BCUT2D eigenvalue weighted by molar-refractivity contribution is 0.0949. The van der Waals surface area contributed by atoms with Gasteiger partial charge in [-0.15, -0.1) is 0 Å². The Morgan fingerprint density at radius 1 is 1.42 bits per heavy atom. The molecule has 1 saturated carbocycles. The molecule has 0 radical (unpaired) electrons. The van der Waals surface area contributed by atoms with Crippen LogP contribution in [0.3, 0.4) is 0 Å². The van der Waals surface area contributed by atoms with E-state index >= 15 is 0 Å². The largest absolute Gasteiger partial charge is 0.444 e. The summed E-state index contributed by atoms with van der Waals surface area (Å²) >= 11 is 0. The van der Waals surface area contributed by atoms with Gasteiger partial charge in [-0.1, -0.05) is 12.8 Å². The quantitative estimate of drug-likeness (QED) is 0.648. The Morgan fingerprint density at radius 3 is 2.58 bits per heavy atom. The van der Waals surface area contributed by atoms with Gasteiger partial charge in [0.2, 0.25) is 0 Å². The fraction of sp³-hybridized carbons (Fsp3) is 0.889. The number of carbonyl (C=O) groups excluding carboxylic acids is 1. The summed E-state index contributed by atoms with van der Waals surface area (Å²) in [5, 5.41) is 2.78. The van der Waals surface area contributed by atoms with Crippen molar-refractivity contribution in [1.29, 1.82) is 0 Å². The van der Waals surface area contributed by atoms with Crippen molar-refractivity contribution in [2.24, 2.45) is 5.92 Å². The molecule has 0 aromatic heterocycles. The summed E-state index contributed by atoms with van der Waals surface area (Å²) in [6.45, 7) is 2.02. The van der Waals surface area contributed by atoms with Crippen molar-refractivity contribution in [3.63, 3.8) is 0 Å². The highest BCUT2D eigenvalue weighted by Crippen LogP contribution is 2.32. The average Bonchev–Trinajstić information content (AvgIpc) is 2.58. The first kappa shape index (κ1) is 7.90. The van der Waals surface area contributed by atoms with Crippen molar-refractivity contribution in [3.05, 3.63) is 0 Å². The molecule has 0 bridgehead atoms. The fourth-order valence-corrected chi connectivity index (χ4v) is 2.32. The van der Waals surface area contributed by atoms with Crippen LogP contribution in [-0.2, 0) is 4.74 Å². The summed E-state index contributed by atoms with van der Waals surface area (Å²) in [4.78, 5) is 10.9. The van der Waals surface area contributed by atoms with E-state index < -0.39 is 0 Å². The summed E-state index contributed by atoms with van der Waals surface area (Å²) in [6, 6.07) is 0.209. The second kappa shape index (κ2) is 2.96. The van der Waals surface area contributed by atoms with Crippen molar-refractivity contribution < 1.29 is 9.53 Å². The average molecular weight is 169 g/mol. The van der Waals surface area contributed by atoms with Gasteiger partial charge in [0.05, 0.1) is 6.04 Å². The van der Waals surface area contributed by atoms with Crippen LogP contribution in [0, 0.1) is 5.92 Å². The first-order valence-electron chi connectivity index (χ1n) is 4.74. The van der Waals surface area contributed by atoms with Crippen LogP contribution in [0.1, 0.15) is 32.6 Å². The second-order valence-electron chi connectivity index (χ2n) is 3.85. The summed E-state index contributed by atoms with van der Waals surface area (Å²) < 4.78 is 5.21. The van der Waals surface area contributed by atoms with E-state index in [1.165, 1.54) is 25.7 Å². The lowest BCUT2D eigenvalue weighted by Gasteiger charge is -2.19. The summed E-state index contributed by atoms with van der Waals surface area (Å²) in [5.74, 6) is 0.610. The van der Waals surface area contributed by atoms with Gasteiger partial charge in [-0.05, 0) is 25.7 Å². The van der Waals surface area contributed by atoms with Gasteiger partial charge in [-0.3, -0.25) is 0 Å². The van der Waals surface area contributed by atoms with Gasteiger partial charge in [0.25, 0.3) is 0 Å². The SMILES string of the molecule is C[C@@H]1NC(=O)O[C@@H]1C1CCCC1. The lowest BCUT2D eigenvalue weighted by atomic mass is 9.96. The molecule has 68 valence electrons. The van der Waals surface area contributed by atoms with Crippen molar-refractivity contribution >= 4 is 6.09 Å². The van der Waals surface area contributed by atoms with Crippen molar-refractivity contribution in [2.75, 3.05) is 0 Å². The zero-order valence-electron chi connectivity index (χ0n) is 7.38. The molecule has 3 heteroatoms. The van der Waals surface area contributed by atoms with Crippen LogP contribution in [0.5, 0.6) is 0 Å². The molecule has 1 saturated heterocycles. The van der Waals surface area contributed by atoms with Crippen LogP contribution in [0.2, 0.25) is 0 Å². The predicted molar refractivity (Wildman–Crippen MR) is 44.8 cm³/mol. The number of hydrogen-bond donors (Lipinski definition) is 1. The van der Waals surface area contributed by atoms with Crippen LogP contribution in [0.4, 0.5) is 4.79 Å². The topological polar surface area (TPSA) is 38.3 Å². The molecule has 1 heterocycles. The molecule has 2 fully saturated rings. The number of amides is 1. The van der Waals surface area contributed by atoms with Crippen LogP contribution in [-0.4, -0.2) is 18.2 Å². The molecule has 2 aliphatic rings. The van der Waals surface area contributed by atoms with E-state index in [2.05, 4.69) is 5.32 Å². The van der Waals surface area contributed by atoms with Crippen molar-refractivity contribution in [1.82, 2.24) is 5.32 Å². The molecule has 0 aromatic carbocycles. The third kappa shape index (κ3) is 1.28. The van der Waals surface area contributed by atoms with Gasteiger partial charge < -0.3 is 10.1 Å². The van der Waals surface area contributed by atoms with Crippen molar-refractivity contribution in [3.8, 4) is 0 Å². The number of alkyl carbamates (subject to hydrolysis) is 1. The maximum Gasteiger partial charge on any atom is 0.407 e. The van der Waals surface area contributed by atoms with Gasteiger partial charge in [-0.25, -0.2) is 4.79 Å². The highest BCUT2D eigenvalue weighted by atomic mass is 16.6. The third-order valence-electron chi connectivity index (χ3n) is 2.95. The zero-order chi connectivity index (χ0) is 8.55. The molecule has 2 rings (SSSR count). The normalized spacial score (nSPS) is 36.6. The van der Waals surface area contributed by atoms with Gasteiger partial charge in [-0.2, -0.15) is 0 Å². The lowest BCUT2D eigenvalue weighted by Crippen LogP contribution is -2.32. The minimum Gasteiger partial charge on any atom is -0.444 e. The first-order valence-corrected chi connectivity index (χ1v) is 4.74. The first-order chi connectivity index (χ1) is 5.77. The molecule has 1 aliphatic heterocycles. The number of rotatable bonds is 1. The smallest absolute Gasteiger partial charge is 0.407 e. The van der Waals surface area contributed by atoms with Gasteiger partial charge in [0.1, 0.15) is 6.10 Å². The molecule has 1 aliphatic carbocycles. The van der Waals surface area contributed by atoms with Crippen LogP contribution in [0.15, 0.2) is 0 Å². The number of cyclic esters (lactones) is 1. The van der Waals surface area contributed by atoms with E-state index in [0.29, 0.717) is 5.92 Å². The second-order valence-corrected chi connectivity index (χ2v) is 3.85. The number of hydrogen-bond acceptors (Lipinski definition) is 2. The van der Waals surface area contributed by atoms with Gasteiger partial charge >= 0.3 is 6.09 Å². The highest BCUT2D eigenvalue weighted by Gasteiger charge is 2.37. The Balaban J connectivity index is 1.98. The molecule has 1 N–H and O–H groups in total. The Bertz CT molecular complexity index is 187. The predicted octanol–water partition coefficient (Wildman–Crippen LogP) is 1.67. The maximum absolute atomic E-state index is 10.9. The molecule has 12 heavy (non-hydrogen) atoms. The highest BCUT2D eigenvalue weighted by molar-refractivity contribution is 5.70. The molecule has 2 atom stereocenters. The monoisotopic (exact) mass is 169 g/mol. The summed E-state index contributed by atoms with van der Waals surface area (Å²) in [5.41, 5.74) is 0. The zero-order valence-corrected chi connectivity index (χ0v) is 7.38. The maximum atomic E-state index is 10.9. The molecule has 3 nitrogen and oxygen atoms in total. The Kier molecular flexibility index (Phi) is 1.95. The molecule has 0 aromatic rings. The Labute approximate surface area is 72.5 Å². The minimum atomic E-state index is -0.237. The number of nitrogens with one attached hydrogen (secondary N) is 1. The third-order valence-corrected chi connectivity index (χ3v) is 2.95. The van der Waals surface area contributed by atoms with Crippen LogP contribution < -0.4 is 5.32 Å². The summed E-state index contributed by atoms with van der Waals surface area (Å²) in [6.07, 6.45) is 4.95. The van der Waals surface area contributed by atoms with E-state index in [1.54, 1.807) is 0 Å². The van der Waals surface area contributed by atoms with E-state index in [-0.39, 0.29) is 18.2 Å². The van der Waals surface area contributed by atoms with Crippen LogP contribution in [0.25, 0.3) is 0 Å². The molecule has 0 spiro atoms. The molecular weight excluding hydrogens is 154 g/mol. The van der Waals surface area contributed by atoms with E-state index in [9.17, 15) is 4.79 Å².